The molecule has 2 unspecified atom stereocenters. The van der Waals surface area contributed by atoms with E-state index in [0.717, 1.165) is 6.42 Å². The Balaban J connectivity index is 3.82. The number of nitrogens with two attached hydrogens (primary N) is 1. The molecule has 0 aliphatic rings. The Hall–Kier alpha value is -0.370. The Morgan fingerprint density at radius 1 is 1.36 bits per heavy atom. The fourth-order valence-corrected chi connectivity index (χ4v) is 1.19. The molecule has 0 aliphatic carbocycles. The normalized spacial score (nSPS) is 19.0. The highest BCUT2D eigenvalue weighted by Gasteiger charge is 2.17. The Labute approximate surface area is 69.2 Å². The van der Waals surface area contributed by atoms with Gasteiger partial charge >= 0.3 is 0 Å². The lowest BCUT2D eigenvalue weighted by Gasteiger charge is -2.18. The van der Waals surface area contributed by atoms with Crippen molar-refractivity contribution in [2.75, 3.05) is 0 Å². The number of carbonyl (C=O) groups excluding carboxylic acids is 1. The molecule has 0 spiro atoms. The summed E-state index contributed by atoms with van der Waals surface area (Å²) in [6, 6.07) is 0.201. The van der Waals surface area contributed by atoms with Gasteiger partial charge in [0, 0.05) is 12.0 Å². The molecular formula is C9H19NO. The smallest absolute Gasteiger partial charge is 0.132 e. The third-order valence-corrected chi connectivity index (χ3v) is 2.24. The lowest BCUT2D eigenvalue weighted by atomic mass is 9.88. The first kappa shape index (κ1) is 10.6. The minimum Gasteiger partial charge on any atom is -0.328 e. The first-order chi connectivity index (χ1) is 4.95. The van der Waals surface area contributed by atoms with Crippen LogP contribution in [0.1, 0.15) is 34.1 Å². The Bertz CT molecular complexity index is 132. The quantitative estimate of drug-likeness (QED) is 0.673. The van der Waals surface area contributed by atoms with Gasteiger partial charge in [0.15, 0.2) is 0 Å². The van der Waals surface area contributed by atoms with Crippen LogP contribution < -0.4 is 5.73 Å². The molecule has 11 heavy (non-hydrogen) atoms. The van der Waals surface area contributed by atoms with E-state index in [2.05, 4.69) is 6.92 Å². The van der Waals surface area contributed by atoms with Crippen molar-refractivity contribution in [1.29, 1.82) is 0 Å². The summed E-state index contributed by atoms with van der Waals surface area (Å²) in [4.78, 5) is 10.9. The predicted octanol–water partition coefficient (Wildman–Crippen LogP) is 1.58. The van der Waals surface area contributed by atoms with E-state index in [9.17, 15) is 4.79 Å². The number of hydrogen-bond acceptors (Lipinski definition) is 2. The largest absolute Gasteiger partial charge is 0.328 e. The van der Waals surface area contributed by atoms with E-state index >= 15 is 0 Å². The molecular weight excluding hydrogens is 138 g/mol. The highest BCUT2D eigenvalue weighted by Crippen LogP contribution is 2.16. The summed E-state index contributed by atoms with van der Waals surface area (Å²) < 4.78 is 0. The van der Waals surface area contributed by atoms with Crippen LogP contribution in [-0.4, -0.2) is 11.8 Å². The minimum atomic E-state index is 0.154. The molecule has 2 N–H and O–H groups in total. The van der Waals surface area contributed by atoms with Gasteiger partial charge in [0.2, 0.25) is 0 Å². The summed E-state index contributed by atoms with van der Waals surface area (Å²) in [6.07, 6.45) is 0.931. The molecule has 0 fully saturated rings. The topological polar surface area (TPSA) is 43.1 Å². The van der Waals surface area contributed by atoms with E-state index < -0.39 is 0 Å². The fourth-order valence-electron chi connectivity index (χ4n) is 1.19. The standard InChI is InChI=1S/C9H19NO/c1-6(5-7(2)10)8(3)9(4)11/h6-8H,5,10H2,1-4H3/t6?,7?,8-/m1/s1. The lowest BCUT2D eigenvalue weighted by Crippen LogP contribution is -2.24. The first-order valence-electron chi connectivity index (χ1n) is 4.21. The Morgan fingerprint density at radius 2 is 1.82 bits per heavy atom. The van der Waals surface area contributed by atoms with Gasteiger partial charge < -0.3 is 5.73 Å². The zero-order chi connectivity index (χ0) is 9.02. The first-order valence-corrected chi connectivity index (χ1v) is 4.21. The number of rotatable bonds is 4. The zero-order valence-corrected chi connectivity index (χ0v) is 7.92. The molecule has 0 saturated heterocycles. The van der Waals surface area contributed by atoms with E-state index in [1.165, 1.54) is 0 Å². The van der Waals surface area contributed by atoms with Crippen LogP contribution in [0.3, 0.4) is 0 Å². The van der Waals surface area contributed by atoms with Crippen LogP contribution in [0.25, 0.3) is 0 Å². The summed E-state index contributed by atoms with van der Waals surface area (Å²) in [5, 5.41) is 0. The number of carbonyl (C=O) groups is 1. The van der Waals surface area contributed by atoms with Crippen molar-refractivity contribution in [1.82, 2.24) is 0 Å². The molecule has 0 amide bonds. The van der Waals surface area contributed by atoms with Crippen LogP contribution in [0.2, 0.25) is 0 Å². The molecule has 0 aliphatic heterocycles. The zero-order valence-electron chi connectivity index (χ0n) is 7.92. The van der Waals surface area contributed by atoms with Gasteiger partial charge in [-0.15, -0.1) is 0 Å². The molecule has 0 aromatic rings. The Morgan fingerprint density at radius 3 is 2.09 bits per heavy atom. The predicted molar refractivity (Wildman–Crippen MR) is 47.3 cm³/mol. The van der Waals surface area contributed by atoms with Crippen LogP contribution in [0, 0.1) is 11.8 Å². The molecule has 0 saturated carbocycles. The number of ketones is 1. The van der Waals surface area contributed by atoms with Crippen LogP contribution in [0.5, 0.6) is 0 Å². The molecule has 0 aromatic carbocycles. The minimum absolute atomic E-state index is 0.154. The van der Waals surface area contributed by atoms with Crippen LogP contribution in [0.15, 0.2) is 0 Å². The van der Waals surface area contributed by atoms with Gasteiger partial charge in [-0.2, -0.15) is 0 Å². The molecule has 66 valence electrons. The summed E-state index contributed by atoms with van der Waals surface area (Å²) in [7, 11) is 0. The van der Waals surface area contributed by atoms with E-state index in [4.69, 9.17) is 5.73 Å². The molecule has 2 nitrogen and oxygen atoms in total. The van der Waals surface area contributed by atoms with E-state index in [-0.39, 0.29) is 17.7 Å². The van der Waals surface area contributed by atoms with E-state index in [0.29, 0.717) is 5.92 Å². The van der Waals surface area contributed by atoms with Gasteiger partial charge in [0.1, 0.15) is 5.78 Å². The van der Waals surface area contributed by atoms with Gasteiger partial charge in [0.25, 0.3) is 0 Å². The molecule has 0 radical (unpaired) electrons. The van der Waals surface area contributed by atoms with E-state index in [1.54, 1.807) is 6.92 Å². The average molecular weight is 157 g/mol. The molecule has 3 atom stereocenters. The monoisotopic (exact) mass is 157 g/mol. The van der Waals surface area contributed by atoms with Crippen LogP contribution in [-0.2, 0) is 4.79 Å². The number of hydrogen-bond donors (Lipinski definition) is 1. The van der Waals surface area contributed by atoms with Crippen molar-refractivity contribution in [3.63, 3.8) is 0 Å². The SMILES string of the molecule is CC(=O)[C@H](C)C(C)CC(C)N. The van der Waals surface area contributed by atoms with Crippen molar-refractivity contribution in [2.24, 2.45) is 17.6 Å². The third-order valence-electron chi connectivity index (χ3n) is 2.24. The maximum absolute atomic E-state index is 10.9. The molecule has 0 heterocycles. The third kappa shape index (κ3) is 4.14. The second-order valence-corrected chi connectivity index (χ2v) is 3.59. The summed E-state index contributed by atoms with van der Waals surface area (Å²) in [5.74, 6) is 0.826. The molecule has 2 heteroatoms. The maximum Gasteiger partial charge on any atom is 0.132 e. The summed E-state index contributed by atoms with van der Waals surface area (Å²) in [5.41, 5.74) is 5.62. The van der Waals surface area contributed by atoms with Crippen molar-refractivity contribution < 1.29 is 4.79 Å². The molecule has 0 rings (SSSR count). The van der Waals surface area contributed by atoms with Crippen molar-refractivity contribution in [3.05, 3.63) is 0 Å². The summed E-state index contributed by atoms with van der Waals surface area (Å²) in [6.45, 7) is 7.66. The van der Waals surface area contributed by atoms with Gasteiger partial charge in [-0.05, 0) is 26.2 Å². The Kier molecular flexibility index (Phi) is 4.34. The second kappa shape index (κ2) is 4.50. The highest BCUT2D eigenvalue weighted by atomic mass is 16.1. The van der Waals surface area contributed by atoms with Crippen LogP contribution >= 0.6 is 0 Å². The maximum atomic E-state index is 10.9. The van der Waals surface area contributed by atoms with Gasteiger partial charge in [-0.3, -0.25) is 4.79 Å². The molecule has 0 aromatic heterocycles. The van der Waals surface area contributed by atoms with Crippen molar-refractivity contribution in [2.45, 2.75) is 40.2 Å². The van der Waals surface area contributed by atoms with Gasteiger partial charge in [-0.25, -0.2) is 0 Å². The van der Waals surface area contributed by atoms with E-state index in [1.807, 2.05) is 13.8 Å². The average Bonchev–Trinajstić information content (AvgIpc) is 1.84. The van der Waals surface area contributed by atoms with Crippen molar-refractivity contribution in [3.8, 4) is 0 Å². The van der Waals surface area contributed by atoms with Crippen molar-refractivity contribution >= 4 is 5.78 Å². The number of Topliss-reactive ketones (excluding diaryl/α,β-unsaturated/α-hetero) is 1. The fraction of sp³-hybridized carbons (Fsp3) is 0.889. The van der Waals surface area contributed by atoms with Crippen LogP contribution in [0.4, 0.5) is 0 Å². The lowest BCUT2D eigenvalue weighted by molar-refractivity contribution is -0.121. The molecule has 0 bridgehead atoms. The summed E-state index contributed by atoms with van der Waals surface area (Å²) >= 11 is 0. The second-order valence-electron chi connectivity index (χ2n) is 3.59. The van der Waals surface area contributed by atoms with Gasteiger partial charge in [0.05, 0.1) is 0 Å². The highest BCUT2D eigenvalue weighted by molar-refractivity contribution is 5.78. The van der Waals surface area contributed by atoms with Gasteiger partial charge in [-0.1, -0.05) is 13.8 Å².